The van der Waals surface area contributed by atoms with E-state index in [1.54, 1.807) is 0 Å². The van der Waals surface area contributed by atoms with Crippen molar-refractivity contribution in [3.8, 4) is 0 Å². The van der Waals surface area contributed by atoms with Crippen LogP contribution in [0.1, 0.15) is 24.0 Å². The maximum Gasteiger partial charge on any atom is 0.221 e. The van der Waals surface area contributed by atoms with Gasteiger partial charge in [0.25, 0.3) is 0 Å². The van der Waals surface area contributed by atoms with Crippen LogP contribution in [0, 0.1) is 34.9 Å². The number of carbonyl (C=O) groups is 2. The Kier molecular flexibility index (Phi) is 9.87. The van der Waals surface area contributed by atoms with Gasteiger partial charge in [-0.15, -0.1) is 0 Å². The van der Waals surface area contributed by atoms with Gasteiger partial charge >= 0.3 is 0 Å². The number of nitrogens with two attached hydrogens (primary N) is 2. The van der Waals surface area contributed by atoms with Gasteiger partial charge < -0.3 is 22.1 Å². The highest BCUT2D eigenvalue weighted by Crippen LogP contribution is 2.16. The van der Waals surface area contributed by atoms with Gasteiger partial charge in [0.2, 0.25) is 11.8 Å². The highest BCUT2D eigenvalue weighted by Gasteiger charge is 2.17. The molecule has 0 aromatic heterocycles. The van der Waals surface area contributed by atoms with Crippen molar-refractivity contribution in [1.29, 1.82) is 0 Å². The minimum atomic E-state index is -1.33. The molecule has 186 valence electrons. The van der Waals surface area contributed by atoms with E-state index in [0.717, 1.165) is 0 Å². The van der Waals surface area contributed by atoms with E-state index in [4.69, 9.17) is 11.5 Å². The maximum absolute atomic E-state index is 13.7. The molecule has 0 aliphatic carbocycles. The van der Waals surface area contributed by atoms with Crippen LogP contribution in [0.5, 0.6) is 0 Å². The van der Waals surface area contributed by atoms with Gasteiger partial charge in [-0.05, 0) is 36.1 Å². The third kappa shape index (κ3) is 8.34. The zero-order chi connectivity index (χ0) is 25.4. The van der Waals surface area contributed by atoms with E-state index in [1.165, 1.54) is 0 Å². The molecule has 0 radical (unpaired) electrons. The van der Waals surface area contributed by atoms with Gasteiger partial charge in [-0.25, -0.2) is 26.3 Å². The first kappa shape index (κ1) is 27.1. The fourth-order valence-corrected chi connectivity index (χ4v) is 3.17. The second kappa shape index (κ2) is 12.4. The summed E-state index contributed by atoms with van der Waals surface area (Å²) >= 11 is 0. The second-order valence-corrected chi connectivity index (χ2v) is 7.75. The predicted octanol–water partition coefficient (Wildman–Crippen LogP) is 1.97. The monoisotopic (exact) mass is 490 g/mol. The first-order valence-electron chi connectivity index (χ1n) is 10.3. The Morgan fingerprint density at radius 1 is 0.618 bits per heavy atom. The molecule has 2 rings (SSSR count). The SMILES string of the molecule is N[C@@H](CC(=O)NCCNC(=O)C[C@H](N)Cc1cc(F)c(F)cc1F)Cc1cc(F)c(F)cc1F. The lowest BCUT2D eigenvalue weighted by atomic mass is 10.0. The molecular formula is C22H24F6N4O2. The van der Waals surface area contributed by atoms with Crippen molar-refractivity contribution in [2.45, 2.75) is 37.8 Å². The fraction of sp³-hybridized carbons (Fsp3) is 0.364. The Hall–Kier alpha value is -3.12. The summed E-state index contributed by atoms with van der Waals surface area (Å²) in [4.78, 5) is 23.8. The van der Waals surface area contributed by atoms with Gasteiger partial charge in [0.15, 0.2) is 23.3 Å². The van der Waals surface area contributed by atoms with Crippen LogP contribution in [0.15, 0.2) is 24.3 Å². The lowest BCUT2D eigenvalue weighted by molar-refractivity contribution is -0.123. The van der Waals surface area contributed by atoms with Crippen molar-refractivity contribution in [1.82, 2.24) is 10.6 Å². The van der Waals surface area contributed by atoms with E-state index in [0.29, 0.717) is 24.3 Å². The summed E-state index contributed by atoms with van der Waals surface area (Å²) in [5.74, 6) is -8.05. The van der Waals surface area contributed by atoms with Gasteiger partial charge in [-0.1, -0.05) is 0 Å². The highest BCUT2D eigenvalue weighted by molar-refractivity contribution is 5.77. The summed E-state index contributed by atoms with van der Waals surface area (Å²) in [5, 5.41) is 4.96. The molecule has 0 unspecified atom stereocenters. The largest absolute Gasteiger partial charge is 0.354 e. The van der Waals surface area contributed by atoms with Crippen LogP contribution < -0.4 is 22.1 Å². The van der Waals surface area contributed by atoms with Crippen LogP contribution in [0.25, 0.3) is 0 Å². The number of halogens is 6. The van der Waals surface area contributed by atoms with Crippen molar-refractivity contribution >= 4 is 11.8 Å². The van der Waals surface area contributed by atoms with Crippen LogP contribution >= 0.6 is 0 Å². The number of hydrogen-bond donors (Lipinski definition) is 4. The topological polar surface area (TPSA) is 110 Å². The molecule has 0 aliphatic rings. The summed E-state index contributed by atoms with van der Waals surface area (Å²) in [5.41, 5.74) is 11.2. The molecule has 34 heavy (non-hydrogen) atoms. The van der Waals surface area contributed by atoms with Gasteiger partial charge in [0.1, 0.15) is 11.6 Å². The van der Waals surface area contributed by atoms with Gasteiger partial charge in [-0.2, -0.15) is 0 Å². The lowest BCUT2D eigenvalue weighted by Crippen LogP contribution is -2.39. The predicted molar refractivity (Wildman–Crippen MR) is 111 cm³/mol. The van der Waals surface area contributed by atoms with E-state index >= 15 is 0 Å². The van der Waals surface area contributed by atoms with Crippen molar-refractivity contribution in [2.75, 3.05) is 13.1 Å². The molecule has 0 spiro atoms. The maximum atomic E-state index is 13.7. The smallest absolute Gasteiger partial charge is 0.221 e. The van der Waals surface area contributed by atoms with Crippen LogP contribution in [0.4, 0.5) is 26.3 Å². The van der Waals surface area contributed by atoms with Crippen molar-refractivity contribution < 1.29 is 35.9 Å². The Balaban J connectivity index is 1.67. The zero-order valence-electron chi connectivity index (χ0n) is 17.9. The molecule has 0 fully saturated rings. The first-order valence-corrected chi connectivity index (χ1v) is 10.3. The van der Waals surface area contributed by atoms with Crippen LogP contribution in [0.3, 0.4) is 0 Å². The molecule has 2 atom stereocenters. The quantitative estimate of drug-likeness (QED) is 0.219. The van der Waals surface area contributed by atoms with Crippen molar-refractivity contribution in [3.63, 3.8) is 0 Å². The molecule has 6 N–H and O–H groups in total. The summed E-state index contributed by atoms with van der Waals surface area (Å²) in [6.45, 7) is 0.0632. The molecule has 2 aromatic rings. The number of nitrogens with one attached hydrogen (secondary N) is 2. The van der Waals surface area contributed by atoms with Gasteiger partial charge in [-0.3, -0.25) is 9.59 Å². The van der Waals surface area contributed by atoms with Crippen LogP contribution in [-0.4, -0.2) is 37.0 Å². The first-order chi connectivity index (χ1) is 16.0. The Labute approximate surface area is 191 Å². The van der Waals surface area contributed by atoms with E-state index in [2.05, 4.69) is 10.6 Å². The van der Waals surface area contributed by atoms with Crippen LogP contribution in [-0.2, 0) is 22.4 Å². The summed E-state index contributed by atoms with van der Waals surface area (Å²) in [6, 6.07) is 0.459. The minimum Gasteiger partial charge on any atom is -0.354 e. The van der Waals surface area contributed by atoms with E-state index in [1.807, 2.05) is 0 Å². The number of hydrogen-bond acceptors (Lipinski definition) is 4. The Bertz CT molecular complexity index is 955. The second-order valence-electron chi connectivity index (χ2n) is 7.75. The fourth-order valence-electron chi connectivity index (χ4n) is 3.17. The molecule has 6 nitrogen and oxygen atoms in total. The third-order valence-electron chi connectivity index (χ3n) is 4.81. The highest BCUT2D eigenvalue weighted by atomic mass is 19.2. The zero-order valence-corrected chi connectivity index (χ0v) is 17.9. The van der Waals surface area contributed by atoms with E-state index in [9.17, 15) is 35.9 Å². The molecule has 2 aromatic carbocycles. The van der Waals surface area contributed by atoms with E-state index in [-0.39, 0.29) is 49.9 Å². The van der Waals surface area contributed by atoms with Crippen molar-refractivity contribution in [2.24, 2.45) is 11.5 Å². The summed E-state index contributed by atoms with van der Waals surface area (Å²) in [6.07, 6.45) is -0.832. The number of carbonyl (C=O) groups excluding carboxylic acids is 2. The average Bonchev–Trinajstić information content (AvgIpc) is 2.73. The lowest BCUT2D eigenvalue weighted by Gasteiger charge is -2.14. The molecule has 0 bridgehead atoms. The molecule has 2 amide bonds. The molecule has 12 heteroatoms. The molecule has 0 saturated heterocycles. The number of rotatable bonds is 11. The standard InChI is InChI=1S/C22H24F6N4O2/c23-15-9-19(27)17(25)5-11(15)3-13(29)7-21(33)31-1-2-32-22(34)8-14(30)4-12-6-18(26)20(28)10-16(12)24/h5-6,9-10,13-14H,1-4,7-8,29-30H2,(H,31,33)(H,32,34)/t13-,14-/m1/s1. The summed E-state index contributed by atoms with van der Waals surface area (Å²) in [7, 11) is 0. The average molecular weight is 490 g/mol. The Morgan fingerprint density at radius 2 is 0.941 bits per heavy atom. The Morgan fingerprint density at radius 3 is 1.29 bits per heavy atom. The minimum absolute atomic E-state index is 0.0316. The molecular weight excluding hydrogens is 466 g/mol. The van der Waals surface area contributed by atoms with Crippen LogP contribution in [0.2, 0.25) is 0 Å². The molecule has 0 saturated carbocycles. The number of benzene rings is 2. The molecule has 0 heterocycles. The van der Waals surface area contributed by atoms with Crippen molar-refractivity contribution in [3.05, 3.63) is 70.3 Å². The van der Waals surface area contributed by atoms with Gasteiger partial charge in [0, 0.05) is 50.1 Å². The normalized spacial score (nSPS) is 12.8. The summed E-state index contributed by atoms with van der Waals surface area (Å²) < 4.78 is 79.7. The van der Waals surface area contributed by atoms with Gasteiger partial charge in [0.05, 0.1) is 0 Å². The number of amides is 2. The van der Waals surface area contributed by atoms with E-state index < -0.39 is 58.8 Å². The third-order valence-corrected chi connectivity index (χ3v) is 4.81. The molecule has 0 aliphatic heterocycles.